The SMILES string of the molecule is [2H]C([2H])([2H])c1cc(-c2ccc(C(C)(C)C)cc2)c(-n2c(-c3cc(C(C)(C)C)cc(C(C)(C)C)c3O)nc3c(-c4[c-]c(-c5nc(C)c(C)c(-c6c(C)c(C)c(C(C([2H])([2H])[2H])(C([2H])([2H])[2H])C([2H])([2H])[2H])c(C)c6C)c5C)cc(C(C)(C)C)c4)cccc32)cc1-c1ccccc1.[Pt]. The third kappa shape index (κ3) is 11.2. The van der Waals surface area contributed by atoms with E-state index in [0.717, 1.165) is 61.2 Å². The van der Waals surface area contributed by atoms with Gasteiger partial charge in [-0.05, 0) is 185 Å². The Morgan fingerprint density at radius 2 is 1.05 bits per heavy atom. The molecule has 0 saturated heterocycles. The third-order valence-corrected chi connectivity index (χ3v) is 16.7. The Kier molecular flexibility index (Phi) is 12.2. The van der Waals surface area contributed by atoms with E-state index in [1.54, 1.807) is 33.8 Å². The third-order valence-electron chi connectivity index (χ3n) is 16.7. The summed E-state index contributed by atoms with van der Waals surface area (Å²) in [6, 6.07) is 39.9. The molecule has 0 spiro atoms. The first-order chi connectivity index (χ1) is 42.0. The molecule has 0 fully saturated rings. The van der Waals surface area contributed by atoms with Gasteiger partial charge in [0.2, 0.25) is 0 Å². The van der Waals surface area contributed by atoms with Crippen LogP contribution in [0.4, 0.5) is 0 Å². The average Bonchev–Trinajstić information content (AvgIpc) is 1.08. The van der Waals surface area contributed by atoms with Gasteiger partial charge >= 0.3 is 0 Å². The zero-order valence-corrected chi connectivity index (χ0v) is 53.3. The summed E-state index contributed by atoms with van der Waals surface area (Å²) in [6.07, 6.45) is 0. The Morgan fingerprint density at radius 3 is 1.62 bits per heavy atom. The first-order valence-electron chi connectivity index (χ1n) is 34.0. The van der Waals surface area contributed by atoms with Gasteiger partial charge in [-0.3, -0.25) is 9.55 Å². The number of pyridine rings is 1. The second-order valence-corrected chi connectivity index (χ2v) is 26.6. The van der Waals surface area contributed by atoms with E-state index in [-0.39, 0.29) is 59.9 Å². The van der Waals surface area contributed by atoms with Crippen molar-refractivity contribution in [2.75, 3.05) is 0 Å². The van der Waals surface area contributed by atoms with Crippen LogP contribution >= 0.6 is 0 Å². The van der Waals surface area contributed by atoms with E-state index in [4.69, 9.17) is 26.4 Å². The van der Waals surface area contributed by atoms with Gasteiger partial charge in [0.15, 0.2) is 0 Å². The fraction of sp³-hybridized carbons (Fsp3) is 0.368. The van der Waals surface area contributed by atoms with Crippen LogP contribution in [0.1, 0.15) is 193 Å². The van der Waals surface area contributed by atoms with Crippen molar-refractivity contribution in [1.82, 2.24) is 14.5 Å². The number of rotatable bonds is 7. The van der Waals surface area contributed by atoms with E-state index < -0.39 is 43.7 Å². The summed E-state index contributed by atoms with van der Waals surface area (Å²) in [5, 5.41) is 13.0. The number of phenolic OH excluding ortho intramolecular Hbond substituents is 1. The number of benzene rings is 7. The van der Waals surface area contributed by atoms with Crippen LogP contribution in [-0.4, -0.2) is 19.6 Å². The maximum absolute atomic E-state index is 13.0. The quantitative estimate of drug-likeness (QED) is 0.162. The molecule has 4 nitrogen and oxygen atoms in total. The molecule has 7 aromatic carbocycles. The topological polar surface area (TPSA) is 50.9 Å². The molecule has 0 unspecified atom stereocenters. The number of hydrogen-bond acceptors (Lipinski definition) is 3. The maximum atomic E-state index is 13.0. The van der Waals surface area contributed by atoms with Crippen LogP contribution in [0.2, 0.25) is 0 Å². The van der Waals surface area contributed by atoms with Gasteiger partial charge in [0.25, 0.3) is 0 Å². The number of hydrogen-bond donors (Lipinski definition) is 1. The van der Waals surface area contributed by atoms with Crippen molar-refractivity contribution in [2.45, 2.75) is 186 Å². The smallest absolute Gasteiger partial charge is 0.148 e. The maximum Gasteiger partial charge on any atom is 0.148 e. The van der Waals surface area contributed by atoms with Gasteiger partial charge in [-0.2, -0.15) is 0 Å². The summed E-state index contributed by atoms with van der Waals surface area (Å²) >= 11 is 0. The monoisotopic (exact) mass is 1270 g/mol. The molecule has 0 aliphatic rings. The molecule has 0 radical (unpaired) electrons. The van der Waals surface area contributed by atoms with E-state index in [2.05, 4.69) is 136 Å². The number of nitrogens with zero attached hydrogens (tertiary/aromatic N) is 3. The number of phenols is 1. The molecular weight excluding hydrogens is 1170 g/mol. The summed E-state index contributed by atoms with van der Waals surface area (Å²) in [4.78, 5) is 11.1. The van der Waals surface area contributed by atoms with E-state index in [1.807, 2.05) is 81.4 Å². The van der Waals surface area contributed by atoms with Crippen molar-refractivity contribution in [3.63, 3.8) is 0 Å². The number of aromatic nitrogens is 3. The van der Waals surface area contributed by atoms with E-state index in [0.29, 0.717) is 72.9 Å². The molecule has 0 amide bonds. The molecular formula is C76H88N3OPt-. The largest absolute Gasteiger partial charge is 0.507 e. The molecule has 2 aromatic heterocycles. The number of aromatic hydroxyl groups is 1. The fourth-order valence-corrected chi connectivity index (χ4v) is 11.6. The van der Waals surface area contributed by atoms with Crippen molar-refractivity contribution >= 4 is 11.0 Å². The minimum atomic E-state index is -3.45. The first kappa shape index (κ1) is 46.2. The first-order valence-corrected chi connectivity index (χ1v) is 28.0. The van der Waals surface area contributed by atoms with Gasteiger partial charge in [0.1, 0.15) is 11.6 Å². The van der Waals surface area contributed by atoms with Crippen molar-refractivity contribution in [3.8, 4) is 78.6 Å². The summed E-state index contributed by atoms with van der Waals surface area (Å²) in [5.41, 5.74) is 12.5. The summed E-state index contributed by atoms with van der Waals surface area (Å²) in [7, 11) is 0. The Hall–Kier alpha value is -6.35. The van der Waals surface area contributed by atoms with Crippen molar-refractivity contribution in [1.29, 1.82) is 0 Å². The van der Waals surface area contributed by atoms with Crippen LogP contribution < -0.4 is 0 Å². The van der Waals surface area contributed by atoms with Crippen LogP contribution in [0.5, 0.6) is 5.75 Å². The summed E-state index contributed by atoms with van der Waals surface area (Å²) in [6.45, 7) is 25.5. The second kappa shape index (κ2) is 21.4. The number of imidazole rings is 1. The van der Waals surface area contributed by atoms with Crippen LogP contribution in [0.25, 0.3) is 83.9 Å². The molecule has 0 bridgehead atoms. The summed E-state index contributed by atoms with van der Waals surface area (Å²) < 4.78 is 108. The van der Waals surface area contributed by atoms with Gasteiger partial charge in [0.05, 0.1) is 22.3 Å². The van der Waals surface area contributed by atoms with Crippen LogP contribution in [0, 0.1) is 61.4 Å². The molecule has 5 heteroatoms. The molecule has 0 aliphatic carbocycles. The molecule has 0 saturated carbocycles. The molecule has 2 heterocycles. The van der Waals surface area contributed by atoms with Gasteiger partial charge in [-0.1, -0.05) is 193 Å². The van der Waals surface area contributed by atoms with Gasteiger partial charge < -0.3 is 5.11 Å². The molecule has 424 valence electrons. The number of fused-ring (bicyclic) bond motifs is 1. The normalized spacial score (nSPS) is 15.4. The Morgan fingerprint density at radius 1 is 0.481 bits per heavy atom. The van der Waals surface area contributed by atoms with Gasteiger partial charge in [-0.25, -0.2) is 4.98 Å². The predicted molar refractivity (Wildman–Crippen MR) is 343 cm³/mol. The molecule has 0 aliphatic heterocycles. The zero-order valence-electron chi connectivity index (χ0n) is 63.0. The molecule has 81 heavy (non-hydrogen) atoms. The van der Waals surface area contributed by atoms with Crippen LogP contribution in [0.15, 0.2) is 109 Å². The Bertz CT molecular complexity index is 4320. The number of para-hydroxylation sites is 1. The van der Waals surface area contributed by atoms with Crippen LogP contribution in [-0.2, 0) is 48.1 Å². The van der Waals surface area contributed by atoms with E-state index >= 15 is 0 Å². The van der Waals surface area contributed by atoms with Crippen molar-refractivity contribution in [2.24, 2.45) is 0 Å². The minimum absolute atomic E-state index is 0. The second-order valence-electron chi connectivity index (χ2n) is 26.6. The van der Waals surface area contributed by atoms with Crippen molar-refractivity contribution in [3.05, 3.63) is 188 Å². The van der Waals surface area contributed by atoms with Gasteiger partial charge in [0, 0.05) is 60.0 Å². The Labute approximate surface area is 518 Å². The minimum Gasteiger partial charge on any atom is -0.507 e. The zero-order chi connectivity index (χ0) is 68.7. The van der Waals surface area contributed by atoms with Crippen LogP contribution in [0.3, 0.4) is 0 Å². The standard InChI is InChI=1S/C76H88N3O.Pt/c1-43-36-60(52-32-34-55(35-33-52)72(9,10)11)64(42-59(43)51-28-25-24-26-29-51)79-63-31-27-30-58(69(63)78-71(79)61-40-57(74(15,16)17)41-62(70(61)80)75(18,19)20)53-37-54(39-56(38-53)73(12,13)14)68-49(7)66(48(6)50(8)77-68)65-44(2)46(4)67(76(21,22)23)47(5)45(65)3;/h24-36,38-42,80H,1-23H3;/q-1;/i1D3,21D3,22D3,23D3;. The fourth-order valence-electron chi connectivity index (χ4n) is 11.6. The molecule has 9 rings (SSSR count). The molecule has 0 atom stereocenters. The van der Waals surface area contributed by atoms with Crippen molar-refractivity contribution < 1.29 is 42.6 Å². The Balaban J connectivity index is 0.0000111. The molecule has 1 N–H and O–H groups in total. The molecule has 9 aromatic rings. The predicted octanol–water partition coefficient (Wildman–Crippen LogP) is 20.9. The van der Waals surface area contributed by atoms with E-state index in [9.17, 15) is 5.11 Å². The summed E-state index contributed by atoms with van der Waals surface area (Å²) in [5.74, 6) is 0.517. The number of aryl methyl sites for hydroxylation is 2. The van der Waals surface area contributed by atoms with Gasteiger partial charge in [-0.15, -0.1) is 29.3 Å². The average molecular weight is 1270 g/mol. The van der Waals surface area contributed by atoms with E-state index in [1.165, 1.54) is 0 Å².